The van der Waals surface area contributed by atoms with Gasteiger partial charge in [0.25, 0.3) is 0 Å². The molecule has 0 amide bonds. The van der Waals surface area contributed by atoms with Crippen LogP contribution in [0.5, 0.6) is 0 Å². The third-order valence-corrected chi connectivity index (χ3v) is 3.20. The Morgan fingerprint density at radius 2 is 2.27 bits per heavy atom. The number of allylic oxidation sites excluding steroid dienone is 1. The highest BCUT2D eigenvalue weighted by Gasteiger charge is 2.45. The summed E-state index contributed by atoms with van der Waals surface area (Å²) in [4.78, 5) is 17.3. The van der Waals surface area contributed by atoms with Crippen molar-refractivity contribution in [3.8, 4) is 0 Å². The van der Waals surface area contributed by atoms with Crippen LogP contribution in [0.25, 0.3) is 0 Å². The van der Waals surface area contributed by atoms with Crippen molar-refractivity contribution in [3.63, 3.8) is 0 Å². The van der Waals surface area contributed by atoms with E-state index in [4.69, 9.17) is 9.79 Å². The lowest BCUT2D eigenvalue weighted by molar-refractivity contribution is 0.385. The van der Waals surface area contributed by atoms with E-state index in [1.54, 1.807) is 0 Å². The van der Waals surface area contributed by atoms with E-state index in [1.807, 2.05) is 0 Å². The fraction of sp³-hybridized carbons (Fsp3) is 0.714. The molecule has 3 nitrogen and oxygen atoms in total. The molecule has 0 aromatic carbocycles. The molecule has 11 heavy (non-hydrogen) atoms. The van der Waals surface area contributed by atoms with E-state index in [-0.39, 0.29) is 0 Å². The molecule has 4 heteroatoms. The van der Waals surface area contributed by atoms with E-state index in [1.165, 1.54) is 5.82 Å². The summed E-state index contributed by atoms with van der Waals surface area (Å²) in [5, 5.41) is 0. The lowest BCUT2D eigenvalue weighted by Gasteiger charge is -2.00. The van der Waals surface area contributed by atoms with Crippen molar-refractivity contribution in [2.45, 2.75) is 19.3 Å². The Morgan fingerprint density at radius 3 is 2.64 bits per heavy atom. The zero-order valence-electron chi connectivity index (χ0n) is 6.10. The van der Waals surface area contributed by atoms with E-state index in [2.05, 4.69) is 0 Å². The summed E-state index contributed by atoms with van der Waals surface area (Å²) in [6.07, 6.45) is 3.20. The first kappa shape index (κ1) is 7.53. The van der Waals surface area contributed by atoms with Gasteiger partial charge < -0.3 is 9.79 Å². The molecule has 0 radical (unpaired) electrons. The molecule has 62 valence electrons. The van der Waals surface area contributed by atoms with Crippen molar-refractivity contribution in [3.05, 3.63) is 11.4 Å². The topological polar surface area (TPSA) is 57.5 Å². The smallest absolute Gasteiger partial charge is 0.321 e. The Labute approximate surface area is 65.3 Å². The highest BCUT2D eigenvalue weighted by atomic mass is 31.2. The van der Waals surface area contributed by atoms with Gasteiger partial charge in [-0.2, -0.15) is 0 Å². The van der Waals surface area contributed by atoms with Gasteiger partial charge in [0, 0.05) is 5.82 Å². The molecule has 2 aliphatic rings. The highest BCUT2D eigenvalue weighted by molar-refractivity contribution is 7.55. The fourth-order valence-corrected chi connectivity index (χ4v) is 2.69. The maximum Gasteiger partial charge on any atom is 0.349 e. The van der Waals surface area contributed by atoms with Crippen LogP contribution in [0.3, 0.4) is 0 Å². The second kappa shape index (κ2) is 2.19. The van der Waals surface area contributed by atoms with Gasteiger partial charge >= 0.3 is 7.60 Å². The van der Waals surface area contributed by atoms with Gasteiger partial charge in [-0.3, -0.25) is 4.57 Å². The van der Waals surface area contributed by atoms with Gasteiger partial charge in [0.2, 0.25) is 0 Å². The van der Waals surface area contributed by atoms with Crippen molar-refractivity contribution >= 4 is 7.60 Å². The van der Waals surface area contributed by atoms with Crippen molar-refractivity contribution in [2.24, 2.45) is 11.8 Å². The first-order valence-electron chi connectivity index (χ1n) is 3.83. The summed E-state index contributed by atoms with van der Waals surface area (Å²) in [6, 6.07) is 0. The molecule has 0 aromatic rings. The summed E-state index contributed by atoms with van der Waals surface area (Å²) in [6.45, 7) is 0. The lowest BCUT2D eigenvalue weighted by atomic mass is 10.2. The fourth-order valence-electron chi connectivity index (χ4n) is 1.93. The molecular formula is C7H11O3P. The van der Waals surface area contributed by atoms with Crippen LogP contribution in [0.15, 0.2) is 11.4 Å². The standard InChI is InChI=1S/C7H11O3P/c8-11(9,10)4-6-2-1-5-3-7(5)6/h4-5,7H,1-3H2,(H2,8,9,10). The van der Waals surface area contributed by atoms with Crippen LogP contribution in [0.2, 0.25) is 0 Å². The van der Waals surface area contributed by atoms with Crippen molar-refractivity contribution in [1.29, 1.82) is 0 Å². The lowest BCUT2D eigenvalue weighted by Crippen LogP contribution is -1.81. The maximum absolute atomic E-state index is 10.6. The van der Waals surface area contributed by atoms with Gasteiger partial charge in [-0.05, 0) is 31.1 Å². The Balaban J connectivity index is 2.15. The summed E-state index contributed by atoms with van der Waals surface area (Å²) >= 11 is 0. The van der Waals surface area contributed by atoms with E-state index in [9.17, 15) is 4.57 Å². The summed E-state index contributed by atoms with van der Waals surface area (Å²) in [5.74, 6) is 2.46. The molecule has 0 heterocycles. The molecule has 2 atom stereocenters. The molecule has 2 unspecified atom stereocenters. The van der Waals surface area contributed by atoms with Crippen LogP contribution < -0.4 is 0 Å². The van der Waals surface area contributed by atoms with Crippen LogP contribution in [0.4, 0.5) is 0 Å². The first-order valence-corrected chi connectivity index (χ1v) is 5.51. The molecule has 2 rings (SSSR count). The number of rotatable bonds is 1. The van der Waals surface area contributed by atoms with Gasteiger partial charge in [-0.1, -0.05) is 5.57 Å². The highest BCUT2D eigenvalue weighted by Crippen LogP contribution is 2.57. The molecular weight excluding hydrogens is 163 g/mol. The minimum absolute atomic E-state index is 0.530. The van der Waals surface area contributed by atoms with Crippen molar-refractivity contribution in [1.82, 2.24) is 0 Å². The first-order chi connectivity index (χ1) is 5.06. The normalized spacial score (nSPS) is 39.3. The molecule has 2 N–H and O–H groups in total. The molecule has 0 aromatic heterocycles. The van der Waals surface area contributed by atoms with Gasteiger partial charge in [0.05, 0.1) is 0 Å². The predicted octanol–water partition coefficient (Wildman–Crippen LogP) is 1.48. The third kappa shape index (κ3) is 1.56. The van der Waals surface area contributed by atoms with Crippen LogP contribution in [-0.4, -0.2) is 9.79 Å². The maximum atomic E-state index is 10.6. The molecule has 0 bridgehead atoms. The molecule has 0 saturated heterocycles. The third-order valence-electron chi connectivity index (χ3n) is 2.54. The van der Waals surface area contributed by atoms with E-state index in [0.29, 0.717) is 5.92 Å². The van der Waals surface area contributed by atoms with Crippen LogP contribution in [-0.2, 0) is 4.57 Å². The monoisotopic (exact) mass is 174 g/mol. The average molecular weight is 174 g/mol. The van der Waals surface area contributed by atoms with Gasteiger partial charge in [-0.25, -0.2) is 0 Å². The quantitative estimate of drug-likeness (QED) is 0.592. The van der Waals surface area contributed by atoms with Gasteiger partial charge in [0.15, 0.2) is 0 Å². The second-order valence-electron chi connectivity index (χ2n) is 3.43. The number of hydrogen-bond donors (Lipinski definition) is 2. The van der Waals surface area contributed by atoms with Crippen LogP contribution in [0, 0.1) is 11.8 Å². The van der Waals surface area contributed by atoms with Crippen LogP contribution >= 0.6 is 7.60 Å². The van der Waals surface area contributed by atoms with E-state index >= 15 is 0 Å². The van der Waals surface area contributed by atoms with Crippen molar-refractivity contribution in [2.75, 3.05) is 0 Å². The SMILES string of the molecule is O=P(O)(O)C=C1CCC2CC12. The van der Waals surface area contributed by atoms with E-state index in [0.717, 1.165) is 30.8 Å². The second-order valence-corrected chi connectivity index (χ2v) is 4.87. The molecule has 2 aliphatic carbocycles. The molecule has 0 spiro atoms. The summed E-state index contributed by atoms with van der Waals surface area (Å²) in [5.41, 5.74) is 1.00. The number of hydrogen-bond acceptors (Lipinski definition) is 1. The average Bonchev–Trinajstić information content (AvgIpc) is 2.50. The van der Waals surface area contributed by atoms with Gasteiger partial charge in [-0.15, -0.1) is 0 Å². The Kier molecular flexibility index (Phi) is 1.50. The zero-order valence-corrected chi connectivity index (χ0v) is 7.00. The minimum atomic E-state index is -3.89. The molecule has 2 saturated carbocycles. The van der Waals surface area contributed by atoms with Gasteiger partial charge in [0.1, 0.15) is 0 Å². The molecule has 0 aliphatic heterocycles. The van der Waals surface area contributed by atoms with Crippen molar-refractivity contribution < 1.29 is 14.4 Å². The van der Waals surface area contributed by atoms with E-state index < -0.39 is 7.60 Å². The Hall–Kier alpha value is -0.110. The predicted molar refractivity (Wildman–Crippen MR) is 41.0 cm³/mol. The minimum Gasteiger partial charge on any atom is -0.321 e. The zero-order chi connectivity index (χ0) is 8.06. The number of fused-ring (bicyclic) bond motifs is 1. The Bertz CT molecular complexity index is 252. The van der Waals surface area contributed by atoms with Crippen LogP contribution in [0.1, 0.15) is 19.3 Å². The summed E-state index contributed by atoms with van der Waals surface area (Å²) in [7, 11) is -3.89. The summed E-state index contributed by atoms with van der Waals surface area (Å²) < 4.78 is 10.6. The molecule has 2 fully saturated rings. The largest absolute Gasteiger partial charge is 0.349 e. The Morgan fingerprint density at radius 1 is 1.55 bits per heavy atom.